The zero-order valence-electron chi connectivity index (χ0n) is 24.9. The molecular weight excluding hydrogens is 575 g/mol. The molecule has 0 saturated carbocycles. The third-order valence-electron chi connectivity index (χ3n) is 9.62. The molecule has 1 aromatic heterocycles. The van der Waals surface area contributed by atoms with Crippen LogP contribution in [-0.2, 0) is 0 Å². The summed E-state index contributed by atoms with van der Waals surface area (Å²) in [4.78, 5) is 2.65. The number of hydrogen-bond acceptors (Lipinski definition) is 1. The number of rotatable bonds is 3. The molecular formula is C44H27NS. The van der Waals surface area contributed by atoms with Gasteiger partial charge < -0.3 is 4.57 Å². The molecule has 0 saturated heterocycles. The van der Waals surface area contributed by atoms with Gasteiger partial charge in [0.15, 0.2) is 0 Å². The first-order valence-corrected chi connectivity index (χ1v) is 16.6. The van der Waals surface area contributed by atoms with Crippen LogP contribution in [0.5, 0.6) is 0 Å². The highest BCUT2D eigenvalue weighted by molar-refractivity contribution is 7.99. The van der Waals surface area contributed by atoms with Crippen molar-refractivity contribution in [3.05, 3.63) is 164 Å². The minimum atomic E-state index is 1.17. The first-order valence-electron chi connectivity index (χ1n) is 15.8. The largest absolute Gasteiger partial charge is 0.309 e. The molecule has 0 unspecified atom stereocenters. The van der Waals surface area contributed by atoms with Gasteiger partial charge >= 0.3 is 0 Å². The third kappa shape index (κ3) is 3.71. The number of hydrogen-bond donors (Lipinski definition) is 0. The van der Waals surface area contributed by atoms with E-state index in [9.17, 15) is 0 Å². The van der Waals surface area contributed by atoms with Gasteiger partial charge in [-0.3, -0.25) is 0 Å². The van der Waals surface area contributed by atoms with Crippen LogP contribution in [0.1, 0.15) is 0 Å². The van der Waals surface area contributed by atoms with E-state index < -0.39 is 0 Å². The lowest BCUT2D eigenvalue weighted by molar-refractivity contribution is 1.18. The van der Waals surface area contributed by atoms with Crippen LogP contribution in [0.2, 0.25) is 0 Å². The van der Waals surface area contributed by atoms with Gasteiger partial charge in [0.05, 0.1) is 11.0 Å². The highest BCUT2D eigenvalue weighted by Crippen LogP contribution is 2.50. The molecule has 8 aromatic carbocycles. The lowest BCUT2D eigenvalue weighted by Crippen LogP contribution is -1.95. The average molecular weight is 602 g/mol. The first kappa shape index (κ1) is 25.7. The van der Waals surface area contributed by atoms with Crippen molar-refractivity contribution in [3.63, 3.8) is 0 Å². The van der Waals surface area contributed by atoms with Crippen LogP contribution in [0.25, 0.3) is 82.4 Å². The molecule has 10 rings (SSSR count). The molecule has 0 atom stereocenters. The van der Waals surface area contributed by atoms with Crippen molar-refractivity contribution < 1.29 is 0 Å². The van der Waals surface area contributed by atoms with E-state index in [1.54, 1.807) is 0 Å². The summed E-state index contributed by atoms with van der Waals surface area (Å²) < 4.78 is 2.41. The van der Waals surface area contributed by atoms with Crippen molar-refractivity contribution in [2.75, 3.05) is 0 Å². The maximum absolute atomic E-state index is 2.41. The molecule has 0 radical (unpaired) electrons. The second-order valence-electron chi connectivity index (χ2n) is 12.1. The van der Waals surface area contributed by atoms with Gasteiger partial charge in [-0.1, -0.05) is 139 Å². The minimum absolute atomic E-state index is 1.17. The van der Waals surface area contributed by atoms with Gasteiger partial charge in [0.2, 0.25) is 0 Å². The van der Waals surface area contributed by atoms with E-state index in [0.29, 0.717) is 0 Å². The molecule has 0 spiro atoms. The molecule has 1 aliphatic rings. The molecule has 2 heterocycles. The number of fused-ring (bicyclic) bond motifs is 7. The van der Waals surface area contributed by atoms with E-state index in [4.69, 9.17) is 0 Å². The minimum Gasteiger partial charge on any atom is -0.309 e. The highest BCUT2D eigenvalue weighted by Gasteiger charge is 2.21. The monoisotopic (exact) mass is 601 g/mol. The van der Waals surface area contributed by atoms with Crippen LogP contribution in [0.15, 0.2) is 174 Å². The summed E-state index contributed by atoms with van der Waals surface area (Å²) in [7, 11) is 0. The maximum Gasteiger partial charge on any atom is 0.0547 e. The normalized spacial score (nSPS) is 12.3. The standard InChI is InChI=1S/C44H27NS/c1-2-12-32-28(10-1)22-26-40-43(32)38-15-5-7-18-39(38)45(40)30-23-20-29(21-24-30)31-11-3-4-13-33(31)34-25-27-42-44-36(34)16-9-17-37(44)35-14-6-8-19-41(35)46-42/h1-27H. The van der Waals surface area contributed by atoms with Crippen molar-refractivity contribution >= 4 is 55.1 Å². The van der Waals surface area contributed by atoms with Crippen LogP contribution in [0, 0.1) is 0 Å². The van der Waals surface area contributed by atoms with Crippen molar-refractivity contribution in [1.82, 2.24) is 4.57 Å². The first-order chi connectivity index (χ1) is 22.8. The smallest absolute Gasteiger partial charge is 0.0547 e. The van der Waals surface area contributed by atoms with Crippen LogP contribution < -0.4 is 0 Å². The summed E-state index contributed by atoms with van der Waals surface area (Å²) in [6, 6.07) is 60.1. The Morgan fingerprint density at radius 2 is 1.04 bits per heavy atom. The Labute approximate surface area is 271 Å². The molecule has 2 heteroatoms. The highest BCUT2D eigenvalue weighted by atomic mass is 32.2. The van der Waals surface area contributed by atoms with Crippen molar-refractivity contribution in [1.29, 1.82) is 0 Å². The van der Waals surface area contributed by atoms with E-state index in [2.05, 4.69) is 168 Å². The van der Waals surface area contributed by atoms with Gasteiger partial charge in [0.1, 0.15) is 0 Å². The van der Waals surface area contributed by atoms with E-state index in [0.717, 1.165) is 0 Å². The summed E-state index contributed by atoms with van der Waals surface area (Å²) in [6.07, 6.45) is 0. The van der Waals surface area contributed by atoms with Crippen LogP contribution in [0.3, 0.4) is 0 Å². The Balaban J connectivity index is 1.13. The van der Waals surface area contributed by atoms with Gasteiger partial charge in [0, 0.05) is 31.6 Å². The molecule has 0 amide bonds. The number of para-hydroxylation sites is 1. The van der Waals surface area contributed by atoms with E-state index in [1.165, 1.54) is 92.2 Å². The Morgan fingerprint density at radius 1 is 0.348 bits per heavy atom. The summed E-state index contributed by atoms with van der Waals surface area (Å²) in [5, 5.41) is 7.82. The fourth-order valence-corrected chi connectivity index (χ4v) is 8.72. The molecule has 9 aromatic rings. The van der Waals surface area contributed by atoms with Gasteiger partial charge in [-0.2, -0.15) is 0 Å². The number of nitrogens with zero attached hydrogens (tertiary/aromatic N) is 1. The third-order valence-corrected chi connectivity index (χ3v) is 10.8. The molecule has 0 fully saturated rings. The fourth-order valence-electron chi connectivity index (χ4n) is 7.59. The lowest BCUT2D eigenvalue weighted by Gasteiger charge is -2.22. The van der Waals surface area contributed by atoms with E-state index >= 15 is 0 Å². The Hall–Kier alpha value is -5.57. The molecule has 1 aliphatic heterocycles. The second kappa shape index (κ2) is 9.97. The van der Waals surface area contributed by atoms with Crippen molar-refractivity contribution in [2.24, 2.45) is 0 Å². The van der Waals surface area contributed by atoms with E-state index in [-0.39, 0.29) is 0 Å². The zero-order valence-corrected chi connectivity index (χ0v) is 25.8. The fraction of sp³-hybridized carbons (Fsp3) is 0. The van der Waals surface area contributed by atoms with Gasteiger partial charge in [-0.25, -0.2) is 0 Å². The van der Waals surface area contributed by atoms with Gasteiger partial charge in [-0.15, -0.1) is 0 Å². The van der Waals surface area contributed by atoms with Crippen molar-refractivity contribution in [3.8, 4) is 39.1 Å². The number of benzene rings is 8. The summed E-state index contributed by atoms with van der Waals surface area (Å²) in [6.45, 7) is 0. The summed E-state index contributed by atoms with van der Waals surface area (Å²) in [5.41, 5.74) is 11.3. The van der Waals surface area contributed by atoms with E-state index in [1.807, 2.05) is 11.8 Å². The van der Waals surface area contributed by atoms with Crippen LogP contribution in [0.4, 0.5) is 0 Å². The molecule has 0 N–H and O–H groups in total. The zero-order chi connectivity index (χ0) is 30.2. The molecule has 0 aliphatic carbocycles. The topological polar surface area (TPSA) is 4.93 Å². The summed E-state index contributed by atoms with van der Waals surface area (Å²) in [5.74, 6) is 0. The van der Waals surface area contributed by atoms with Crippen LogP contribution >= 0.6 is 11.8 Å². The quantitative estimate of drug-likeness (QED) is 0.195. The molecule has 46 heavy (non-hydrogen) atoms. The molecule has 214 valence electrons. The van der Waals surface area contributed by atoms with Gasteiger partial charge in [0.25, 0.3) is 0 Å². The maximum atomic E-state index is 2.41. The van der Waals surface area contributed by atoms with Crippen molar-refractivity contribution in [2.45, 2.75) is 9.79 Å². The Kier molecular flexibility index (Phi) is 5.58. The summed E-state index contributed by atoms with van der Waals surface area (Å²) >= 11 is 1.88. The Morgan fingerprint density at radius 3 is 1.93 bits per heavy atom. The second-order valence-corrected chi connectivity index (χ2v) is 13.1. The lowest BCUT2D eigenvalue weighted by atomic mass is 9.89. The van der Waals surface area contributed by atoms with Gasteiger partial charge in [-0.05, 0) is 85.9 Å². The molecule has 0 bridgehead atoms. The number of aromatic nitrogens is 1. The van der Waals surface area contributed by atoms with Crippen LogP contribution in [-0.4, -0.2) is 4.57 Å². The average Bonchev–Trinajstić information content (AvgIpc) is 3.47. The Bertz CT molecular complexity index is 2660. The predicted molar refractivity (Wildman–Crippen MR) is 196 cm³/mol. The predicted octanol–water partition coefficient (Wildman–Crippen LogP) is 12.6. The molecule has 1 nitrogen and oxygen atoms in total. The SMILES string of the molecule is c1ccc2c(c1)Sc1ccc(-c3ccccc3-c3ccc(-n4c5ccccc5c5c6ccccc6ccc54)cc3)c3cccc-2c13.